The standard InChI is InChI=1S/C19H26N2/c1-13(2)15-8-7-9-16(14(3)4)17(15)12-18(20)19-10-5-6-11-21-19/h5-11,13-14,19-21H,12H2,1-4H3. The molecule has 1 aliphatic heterocycles. The Hall–Kier alpha value is -1.83. The summed E-state index contributed by atoms with van der Waals surface area (Å²) < 4.78 is 0. The fourth-order valence-electron chi connectivity index (χ4n) is 2.87. The predicted molar refractivity (Wildman–Crippen MR) is 91.3 cm³/mol. The van der Waals surface area contributed by atoms with Crippen LogP contribution in [0.4, 0.5) is 0 Å². The highest BCUT2D eigenvalue weighted by molar-refractivity contribution is 5.91. The molecule has 1 unspecified atom stereocenters. The summed E-state index contributed by atoms with van der Waals surface area (Å²) in [5.41, 5.74) is 4.82. The van der Waals surface area contributed by atoms with Crippen molar-refractivity contribution in [2.24, 2.45) is 0 Å². The molecule has 0 aromatic heterocycles. The number of hydrogen-bond donors (Lipinski definition) is 2. The Bertz CT molecular complexity index is 539. The van der Waals surface area contributed by atoms with E-state index in [0.29, 0.717) is 11.8 Å². The average molecular weight is 282 g/mol. The summed E-state index contributed by atoms with van der Waals surface area (Å²) in [5, 5.41) is 11.7. The Balaban J connectivity index is 2.31. The fraction of sp³-hybridized carbons (Fsp3) is 0.421. The lowest BCUT2D eigenvalue weighted by molar-refractivity contribution is 0.799. The lowest BCUT2D eigenvalue weighted by Crippen LogP contribution is -2.33. The summed E-state index contributed by atoms with van der Waals surface area (Å²) in [6.07, 6.45) is 8.66. The molecule has 0 radical (unpaired) electrons. The van der Waals surface area contributed by atoms with E-state index in [2.05, 4.69) is 57.3 Å². The van der Waals surface area contributed by atoms with Crippen LogP contribution in [0.5, 0.6) is 0 Å². The van der Waals surface area contributed by atoms with Crippen molar-refractivity contribution in [3.8, 4) is 0 Å². The molecule has 0 aliphatic carbocycles. The van der Waals surface area contributed by atoms with Gasteiger partial charge in [-0.15, -0.1) is 0 Å². The Morgan fingerprint density at radius 3 is 2.19 bits per heavy atom. The van der Waals surface area contributed by atoms with Gasteiger partial charge in [-0.3, -0.25) is 0 Å². The molecule has 2 N–H and O–H groups in total. The molecule has 2 heteroatoms. The van der Waals surface area contributed by atoms with Gasteiger partial charge in [-0.1, -0.05) is 58.0 Å². The van der Waals surface area contributed by atoms with Gasteiger partial charge in [0.1, 0.15) is 0 Å². The minimum Gasteiger partial charge on any atom is -0.380 e. The van der Waals surface area contributed by atoms with Gasteiger partial charge in [0.15, 0.2) is 0 Å². The molecule has 1 aliphatic rings. The van der Waals surface area contributed by atoms with Crippen molar-refractivity contribution in [2.45, 2.75) is 52.0 Å². The molecule has 1 aromatic carbocycles. The average Bonchev–Trinajstić information content (AvgIpc) is 2.47. The summed E-state index contributed by atoms with van der Waals surface area (Å²) in [4.78, 5) is 0. The molecule has 2 nitrogen and oxygen atoms in total. The van der Waals surface area contributed by atoms with Crippen molar-refractivity contribution >= 4 is 5.71 Å². The molecule has 0 fully saturated rings. The Labute approximate surface area is 128 Å². The van der Waals surface area contributed by atoms with E-state index in [1.54, 1.807) is 0 Å². The van der Waals surface area contributed by atoms with Crippen molar-refractivity contribution in [1.82, 2.24) is 5.32 Å². The lowest BCUT2D eigenvalue weighted by atomic mass is 9.85. The third-order valence-electron chi connectivity index (χ3n) is 4.02. The second-order valence-corrected chi connectivity index (χ2v) is 6.31. The maximum absolute atomic E-state index is 8.45. The first-order valence-corrected chi connectivity index (χ1v) is 7.79. The zero-order chi connectivity index (χ0) is 15.4. The van der Waals surface area contributed by atoms with E-state index in [1.165, 1.54) is 16.7 Å². The van der Waals surface area contributed by atoms with E-state index in [4.69, 9.17) is 5.41 Å². The van der Waals surface area contributed by atoms with Crippen molar-refractivity contribution in [2.75, 3.05) is 0 Å². The van der Waals surface area contributed by atoms with Gasteiger partial charge in [0.2, 0.25) is 0 Å². The Kier molecular flexibility index (Phi) is 5.00. The zero-order valence-corrected chi connectivity index (χ0v) is 13.5. The van der Waals surface area contributed by atoms with Crippen LogP contribution >= 0.6 is 0 Å². The molecule has 0 saturated heterocycles. The van der Waals surface area contributed by atoms with Gasteiger partial charge in [-0.25, -0.2) is 0 Å². The van der Waals surface area contributed by atoms with Crippen LogP contribution in [0.25, 0.3) is 0 Å². The monoisotopic (exact) mass is 282 g/mol. The second kappa shape index (κ2) is 6.75. The number of benzene rings is 1. The van der Waals surface area contributed by atoms with Gasteiger partial charge in [0.05, 0.1) is 6.04 Å². The van der Waals surface area contributed by atoms with Crippen LogP contribution < -0.4 is 5.32 Å². The molecule has 0 saturated carbocycles. The topological polar surface area (TPSA) is 35.9 Å². The van der Waals surface area contributed by atoms with Crippen LogP contribution in [0.3, 0.4) is 0 Å². The number of hydrogen-bond acceptors (Lipinski definition) is 2. The molecule has 2 rings (SSSR count). The second-order valence-electron chi connectivity index (χ2n) is 6.31. The lowest BCUT2D eigenvalue weighted by Gasteiger charge is -2.23. The summed E-state index contributed by atoms with van der Waals surface area (Å²) in [5.74, 6) is 0.975. The van der Waals surface area contributed by atoms with E-state index in [-0.39, 0.29) is 6.04 Å². The summed E-state index contributed by atoms with van der Waals surface area (Å²) in [6, 6.07) is 6.60. The van der Waals surface area contributed by atoms with E-state index >= 15 is 0 Å². The molecular formula is C19H26N2. The third kappa shape index (κ3) is 3.63. The molecule has 0 spiro atoms. The minimum absolute atomic E-state index is 0.0234. The molecule has 0 bridgehead atoms. The van der Waals surface area contributed by atoms with Gasteiger partial charge >= 0.3 is 0 Å². The SMILES string of the molecule is CC(C)c1cccc(C(C)C)c1CC(=N)C1C=CC=CN1. The van der Waals surface area contributed by atoms with Crippen LogP contribution in [0, 0.1) is 5.41 Å². The molecule has 0 amide bonds. The minimum atomic E-state index is 0.0234. The largest absolute Gasteiger partial charge is 0.380 e. The van der Waals surface area contributed by atoms with Crippen molar-refractivity contribution < 1.29 is 0 Å². The quantitative estimate of drug-likeness (QED) is 0.764. The van der Waals surface area contributed by atoms with E-state index in [1.807, 2.05) is 18.4 Å². The zero-order valence-electron chi connectivity index (χ0n) is 13.5. The highest BCUT2D eigenvalue weighted by atomic mass is 14.9. The molecular weight excluding hydrogens is 256 g/mol. The van der Waals surface area contributed by atoms with Crippen LogP contribution in [-0.4, -0.2) is 11.8 Å². The summed E-state index contributed by atoms with van der Waals surface area (Å²) in [7, 11) is 0. The predicted octanol–water partition coefficient (Wildman–Crippen LogP) is 4.54. The van der Waals surface area contributed by atoms with Gasteiger partial charge in [0.25, 0.3) is 0 Å². The summed E-state index contributed by atoms with van der Waals surface area (Å²) in [6.45, 7) is 8.92. The summed E-state index contributed by atoms with van der Waals surface area (Å²) >= 11 is 0. The number of nitrogens with one attached hydrogen (secondary N) is 2. The van der Waals surface area contributed by atoms with Crippen LogP contribution in [0.2, 0.25) is 0 Å². The molecule has 1 atom stereocenters. The molecule has 1 heterocycles. The van der Waals surface area contributed by atoms with Gasteiger partial charge in [0, 0.05) is 12.1 Å². The molecule has 1 aromatic rings. The van der Waals surface area contributed by atoms with Gasteiger partial charge in [-0.05, 0) is 40.8 Å². The highest BCUT2D eigenvalue weighted by Gasteiger charge is 2.18. The fourth-order valence-corrected chi connectivity index (χ4v) is 2.87. The van der Waals surface area contributed by atoms with Crippen LogP contribution in [0.1, 0.15) is 56.2 Å². The maximum atomic E-state index is 8.45. The highest BCUT2D eigenvalue weighted by Crippen LogP contribution is 2.28. The normalized spacial score (nSPS) is 17.3. The first kappa shape index (κ1) is 15.6. The number of dihydropyridines is 1. The Morgan fingerprint density at radius 1 is 1.10 bits per heavy atom. The van der Waals surface area contributed by atoms with Crippen molar-refractivity contribution in [1.29, 1.82) is 5.41 Å². The van der Waals surface area contributed by atoms with Crippen LogP contribution in [0.15, 0.2) is 42.6 Å². The smallest absolute Gasteiger partial charge is 0.0824 e. The number of allylic oxidation sites excluding steroid dienone is 2. The molecule has 21 heavy (non-hydrogen) atoms. The first-order chi connectivity index (χ1) is 10.0. The van der Waals surface area contributed by atoms with Gasteiger partial charge < -0.3 is 10.7 Å². The van der Waals surface area contributed by atoms with Crippen LogP contribution in [-0.2, 0) is 6.42 Å². The maximum Gasteiger partial charge on any atom is 0.0824 e. The number of rotatable bonds is 5. The van der Waals surface area contributed by atoms with E-state index in [9.17, 15) is 0 Å². The van der Waals surface area contributed by atoms with Gasteiger partial charge in [-0.2, -0.15) is 0 Å². The Morgan fingerprint density at radius 2 is 1.71 bits per heavy atom. The molecule has 112 valence electrons. The first-order valence-electron chi connectivity index (χ1n) is 7.79. The van der Waals surface area contributed by atoms with E-state index in [0.717, 1.165) is 12.1 Å². The van der Waals surface area contributed by atoms with Crippen molar-refractivity contribution in [3.63, 3.8) is 0 Å². The van der Waals surface area contributed by atoms with Crippen molar-refractivity contribution in [3.05, 3.63) is 59.3 Å². The third-order valence-corrected chi connectivity index (χ3v) is 4.02. The van der Waals surface area contributed by atoms with E-state index < -0.39 is 0 Å².